The molecule has 0 aliphatic heterocycles. The molecule has 1 aromatic heterocycles. The van der Waals surface area contributed by atoms with E-state index >= 15 is 0 Å². The van der Waals surface area contributed by atoms with E-state index < -0.39 is 16.1 Å². The minimum Gasteiger partial charge on any atom is -0.244 e. The SMILES string of the molecule is CC(NS(=O)(=O)c1ccc(C#N)nc1)c1ccccc1Cl. The molecule has 2 aromatic rings. The van der Waals surface area contributed by atoms with E-state index in [0.29, 0.717) is 10.6 Å². The lowest BCUT2D eigenvalue weighted by Crippen LogP contribution is -2.27. The lowest BCUT2D eigenvalue weighted by atomic mass is 10.1. The van der Waals surface area contributed by atoms with Crippen molar-refractivity contribution in [3.8, 4) is 6.07 Å². The minimum atomic E-state index is -3.73. The molecule has 1 heterocycles. The van der Waals surface area contributed by atoms with Crippen LogP contribution in [-0.4, -0.2) is 13.4 Å². The molecule has 2 rings (SSSR count). The van der Waals surface area contributed by atoms with Gasteiger partial charge in [-0.1, -0.05) is 29.8 Å². The van der Waals surface area contributed by atoms with Crippen molar-refractivity contribution in [2.45, 2.75) is 17.9 Å². The number of pyridine rings is 1. The molecule has 21 heavy (non-hydrogen) atoms. The fourth-order valence-corrected chi connectivity index (χ4v) is 3.26. The van der Waals surface area contributed by atoms with Crippen LogP contribution in [0.25, 0.3) is 0 Å². The van der Waals surface area contributed by atoms with Crippen molar-refractivity contribution in [1.29, 1.82) is 5.26 Å². The molecule has 0 saturated carbocycles. The van der Waals surface area contributed by atoms with Crippen molar-refractivity contribution < 1.29 is 8.42 Å². The van der Waals surface area contributed by atoms with E-state index in [0.717, 1.165) is 6.20 Å². The van der Waals surface area contributed by atoms with E-state index in [1.54, 1.807) is 31.2 Å². The maximum absolute atomic E-state index is 12.2. The molecule has 0 bridgehead atoms. The third-order valence-corrected chi connectivity index (χ3v) is 4.74. The summed E-state index contributed by atoms with van der Waals surface area (Å²) in [5.74, 6) is 0. The largest absolute Gasteiger partial charge is 0.244 e. The summed E-state index contributed by atoms with van der Waals surface area (Å²) in [6.45, 7) is 1.70. The minimum absolute atomic E-state index is 0.000374. The van der Waals surface area contributed by atoms with Crippen LogP contribution in [0.2, 0.25) is 5.02 Å². The number of nitrogens with one attached hydrogen (secondary N) is 1. The number of hydrogen-bond acceptors (Lipinski definition) is 4. The van der Waals surface area contributed by atoms with Crippen molar-refractivity contribution in [3.63, 3.8) is 0 Å². The fourth-order valence-electron chi connectivity index (χ4n) is 1.80. The summed E-state index contributed by atoms with van der Waals surface area (Å²) >= 11 is 6.05. The molecule has 0 aliphatic rings. The van der Waals surface area contributed by atoms with Crippen LogP contribution in [0.1, 0.15) is 24.2 Å². The Balaban J connectivity index is 2.25. The molecule has 7 heteroatoms. The van der Waals surface area contributed by atoms with Crippen LogP contribution in [-0.2, 0) is 10.0 Å². The van der Waals surface area contributed by atoms with Gasteiger partial charge in [0.15, 0.2) is 0 Å². The molecule has 1 N–H and O–H groups in total. The van der Waals surface area contributed by atoms with Gasteiger partial charge in [-0.05, 0) is 30.7 Å². The predicted molar refractivity (Wildman–Crippen MR) is 79.1 cm³/mol. The van der Waals surface area contributed by atoms with Gasteiger partial charge in [0.25, 0.3) is 0 Å². The first-order valence-electron chi connectivity index (χ1n) is 6.07. The van der Waals surface area contributed by atoms with Gasteiger partial charge in [0.2, 0.25) is 10.0 Å². The number of benzene rings is 1. The van der Waals surface area contributed by atoms with E-state index in [1.807, 2.05) is 6.07 Å². The maximum atomic E-state index is 12.2. The Kier molecular flexibility index (Phi) is 4.58. The number of sulfonamides is 1. The zero-order chi connectivity index (χ0) is 15.5. The molecule has 1 atom stereocenters. The predicted octanol–water partition coefficient (Wildman–Crippen LogP) is 2.65. The smallest absolute Gasteiger partial charge is 0.242 e. The maximum Gasteiger partial charge on any atom is 0.242 e. The summed E-state index contributed by atoms with van der Waals surface area (Å²) in [7, 11) is -3.73. The average Bonchev–Trinajstić information content (AvgIpc) is 2.47. The Bertz CT molecular complexity index is 783. The Hall–Kier alpha value is -1.94. The van der Waals surface area contributed by atoms with E-state index in [4.69, 9.17) is 16.9 Å². The molecular weight excluding hydrogens is 310 g/mol. The second-order valence-corrected chi connectivity index (χ2v) is 6.48. The van der Waals surface area contributed by atoms with Gasteiger partial charge in [-0.15, -0.1) is 0 Å². The van der Waals surface area contributed by atoms with E-state index in [9.17, 15) is 8.42 Å². The van der Waals surface area contributed by atoms with E-state index in [1.165, 1.54) is 12.1 Å². The lowest BCUT2D eigenvalue weighted by molar-refractivity contribution is 0.566. The molecule has 0 fully saturated rings. The summed E-state index contributed by atoms with van der Waals surface area (Å²) in [6.07, 6.45) is 1.15. The molecule has 0 amide bonds. The van der Waals surface area contributed by atoms with Gasteiger partial charge in [-0.3, -0.25) is 0 Å². The Morgan fingerprint density at radius 1 is 1.29 bits per heavy atom. The Morgan fingerprint density at radius 2 is 2.00 bits per heavy atom. The van der Waals surface area contributed by atoms with Crippen LogP contribution < -0.4 is 4.72 Å². The normalized spacial score (nSPS) is 12.6. The number of halogens is 1. The second-order valence-electron chi connectivity index (χ2n) is 4.36. The summed E-state index contributed by atoms with van der Waals surface area (Å²) in [5, 5.41) is 9.16. The highest BCUT2D eigenvalue weighted by Crippen LogP contribution is 2.23. The van der Waals surface area contributed by atoms with Gasteiger partial charge in [-0.25, -0.2) is 18.1 Å². The monoisotopic (exact) mass is 321 g/mol. The van der Waals surface area contributed by atoms with Crippen LogP contribution in [0.15, 0.2) is 47.5 Å². The zero-order valence-electron chi connectivity index (χ0n) is 11.1. The molecular formula is C14H12ClN3O2S. The highest BCUT2D eigenvalue weighted by atomic mass is 35.5. The fraction of sp³-hybridized carbons (Fsp3) is 0.143. The van der Waals surface area contributed by atoms with Gasteiger partial charge in [0.1, 0.15) is 16.7 Å². The van der Waals surface area contributed by atoms with E-state index in [-0.39, 0.29) is 10.6 Å². The Morgan fingerprint density at radius 3 is 2.57 bits per heavy atom. The molecule has 1 aromatic carbocycles. The van der Waals surface area contributed by atoms with Crippen LogP contribution >= 0.6 is 11.6 Å². The second kappa shape index (κ2) is 6.22. The highest BCUT2D eigenvalue weighted by Gasteiger charge is 2.20. The third-order valence-electron chi connectivity index (χ3n) is 2.86. The van der Waals surface area contributed by atoms with Gasteiger partial charge in [0.05, 0.1) is 0 Å². The zero-order valence-corrected chi connectivity index (χ0v) is 12.7. The standard InChI is InChI=1S/C14H12ClN3O2S/c1-10(13-4-2-3-5-14(13)15)18-21(19,20)12-7-6-11(8-16)17-9-12/h2-7,9-10,18H,1H3. The van der Waals surface area contributed by atoms with Gasteiger partial charge < -0.3 is 0 Å². The van der Waals surface area contributed by atoms with Crippen LogP contribution in [0.4, 0.5) is 0 Å². The highest BCUT2D eigenvalue weighted by molar-refractivity contribution is 7.89. The van der Waals surface area contributed by atoms with E-state index in [2.05, 4.69) is 9.71 Å². The van der Waals surface area contributed by atoms with Crippen LogP contribution in [0.5, 0.6) is 0 Å². The molecule has 5 nitrogen and oxygen atoms in total. The molecule has 0 radical (unpaired) electrons. The van der Waals surface area contributed by atoms with Crippen molar-refractivity contribution in [3.05, 3.63) is 58.9 Å². The van der Waals surface area contributed by atoms with Crippen LogP contribution in [0, 0.1) is 11.3 Å². The topological polar surface area (TPSA) is 82.9 Å². The molecule has 108 valence electrons. The Labute approximate surface area is 128 Å². The quantitative estimate of drug-likeness (QED) is 0.938. The van der Waals surface area contributed by atoms with Crippen LogP contribution in [0.3, 0.4) is 0 Å². The number of rotatable bonds is 4. The van der Waals surface area contributed by atoms with Gasteiger partial charge in [0, 0.05) is 17.3 Å². The number of nitrogens with zero attached hydrogens (tertiary/aromatic N) is 2. The first-order valence-corrected chi connectivity index (χ1v) is 7.93. The molecule has 1 unspecified atom stereocenters. The molecule has 0 aliphatic carbocycles. The van der Waals surface area contributed by atoms with Crippen molar-refractivity contribution in [1.82, 2.24) is 9.71 Å². The van der Waals surface area contributed by atoms with Gasteiger partial charge >= 0.3 is 0 Å². The summed E-state index contributed by atoms with van der Waals surface area (Å²) in [6, 6.07) is 11.1. The number of aromatic nitrogens is 1. The third kappa shape index (κ3) is 3.58. The first kappa shape index (κ1) is 15.4. The van der Waals surface area contributed by atoms with Crippen molar-refractivity contribution >= 4 is 21.6 Å². The number of nitriles is 1. The summed E-state index contributed by atoms with van der Waals surface area (Å²) in [4.78, 5) is 3.76. The first-order chi connectivity index (χ1) is 9.94. The number of hydrogen-bond donors (Lipinski definition) is 1. The van der Waals surface area contributed by atoms with Crippen molar-refractivity contribution in [2.24, 2.45) is 0 Å². The molecule has 0 saturated heterocycles. The summed E-state index contributed by atoms with van der Waals surface area (Å²) in [5.41, 5.74) is 0.845. The molecule has 0 spiro atoms. The lowest BCUT2D eigenvalue weighted by Gasteiger charge is -2.15. The van der Waals surface area contributed by atoms with Crippen molar-refractivity contribution in [2.75, 3.05) is 0 Å². The summed E-state index contributed by atoms with van der Waals surface area (Å²) < 4.78 is 27.0. The average molecular weight is 322 g/mol. The van der Waals surface area contributed by atoms with Gasteiger partial charge in [-0.2, -0.15) is 5.26 Å².